The van der Waals surface area contributed by atoms with E-state index in [0.29, 0.717) is 29.9 Å². The molecule has 0 spiro atoms. The summed E-state index contributed by atoms with van der Waals surface area (Å²) in [5, 5.41) is 22.6. The highest BCUT2D eigenvalue weighted by Gasteiger charge is 2.51. The number of rotatable bonds is 15. The van der Waals surface area contributed by atoms with Gasteiger partial charge in [-0.15, -0.1) is 0 Å². The van der Waals surface area contributed by atoms with Gasteiger partial charge >= 0.3 is 18.0 Å². The summed E-state index contributed by atoms with van der Waals surface area (Å²) in [7, 11) is 0. The van der Waals surface area contributed by atoms with Gasteiger partial charge in [-0.1, -0.05) is 87.5 Å². The Morgan fingerprint density at radius 3 is 2.32 bits per heavy atom. The van der Waals surface area contributed by atoms with Crippen molar-refractivity contribution in [3.05, 3.63) is 147 Å². The number of cyclic esters (lactones) is 1. The Balaban J connectivity index is 0.878. The molecule has 0 radical (unpaired) electrons. The van der Waals surface area contributed by atoms with E-state index in [1.165, 1.54) is 12.1 Å². The van der Waals surface area contributed by atoms with E-state index in [1.54, 1.807) is 43.5 Å². The predicted octanol–water partition coefficient (Wildman–Crippen LogP) is 7.54. The zero-order valence-corrected chi connectivity index (χ0v) is 39.2. The number of nitrogens with one attached hydrogen (secondary N) is 4. The topological polar surface area (TPSA) is 199 Å². The van der Waals surface area contributed by atoms with E-state index in [-0.39, 0.29) is 72.6 Å². The molecule has 0 bridgehead atoms. The van der Waals surface area contributed by atoms with E-state index in [9.17, 15) is 29.1 Å². The van der Waals surface area contributed by atoms with E-state index in [0.717, 1.165) is 38.7 Å². The van der Waals surface area contributed by atoms with E-state index < -0.39 is 47.5 Å². The van der Waals surface area contributed by atoms with Crippen molar-refractivity contribution in [1.29, 1.82) is 0 Å². The number of para-hydroxylation sites is 1. The minimum absolute atomic E-state index is 0.0598. The third kappa shape index (κ3) is 9.23. The molecule has 16 heteroatoms. The summed E-state index contributed by atoms with van der Waals surface area (Å²) >= 11 is 5.61. The number of aromatic nitrogens is 2. The maximum Gasteiger partial charge on any atom is 0.407 e. The molecular formula is C53H52N6O9S. The molecule has 1 aliphatic carbocycles. The number of hydrogen-bond acceptors (Lipinski definition) is 11. The van der Waals surface area contributed by atoms with Crippen LogP contribution in [0.2, 0.25) is 0 Å². The maximum absolute atomic E-state index is 14.4. The van der Waals surface area contributed by atoms with E-state index in [4.69, 9.17) is 31.4 Å². The summed E-state index contributed by atoms with van der Waals surface area (Å²) in [5.74, 6) is -2.84. The van der Waals surface area contributed by atoms with Crippen LogP contribution < -0.4 is 26.8 Å². The van der Waals surface area contributed by atoms with Gasteiger partial charge in [0.25, 0.3) is 5.56 Å². The zero-order valence-electron chi connectivity index (χ0n) is 38.4. The number of pyridine rings is 2. The fourth-order valence-corrected chi connectivity index (χ4v) is 9.78. The van der Waals surface area contributed by atoms with Crippen molar-refractivity contribution >= 4 is 57.9 Å². The lowest BCUT2D eigenvalue weighted by Gasteiger charge is -2.37. The second-order valence-corrected chi connectivity index (χ2v) is 18.3. The van der Waals surface area contributed by atoms with E-state index >= 15 is 0 Å². The summed E-state index contributed by atoms with van der Waals surface area (Å²) in [4.78, 5) is 74.6. The van der Waals surface area contributed by atoms with Crippen molar-refractivity contribution in [1.82, 2.24) is 25.5 Å². The van der Waals surface area contributed by atoms with Crippen LogP contribution in [-0.2, 0) is 47.3 Å². The maximum atomic E-state index is 14.4. The predicted molar refractivity (Wildman–Crippen MR) is 263 cm³/mol. The van der Waals surface area contributed by atoms with Crippen LogP contribution in [0.5, 0.6) is 5.75 Å². The zero-order chi connectivity index (χ0) is 48.4. The molecule has 3 aliphatic rings. The molecule has 4 aromatic carbocycles. The Labute approximate surface area is 403 Å². The molecule has 2 aliphatic heterocycles. The van der Waals surface area contributed by atoms with Crippen molar-refractivity contribution in [2.45, 2.75) is 83.2 Å². The van der Waals surface area contributed by atoms with Gasteiger partial charge in [-0.3, -0.25) is 9.59 Å². The third-order valence-electron chi connectivity index (χ3n) is 13.2. The second-order valence-electron chi connectivity index (χ2n) is 17.9. The number of unbranched alkanes of at least 4 members (excludes halogenated alkanes) is 1. The highest BCUT2D eigenvalue weighted by molar-refractivity contribution is 7.80. The smallest absolute Gasteiger partial charge is 0.407 e. The number of aromatic hydroxyl groups is 1. The summed E-state index contributed by atoms with van der Waals surface area (Å²) in [6.07, 6.45) is 0.539. The fourth-order valence-electron chi connectivity index (χ4n) is 9.52. The van der Waals surface area contributed by atoms with Crippen molar-refractivity contribution in [3.8, 4) is 28.3 Å². The van der Waals surface area contributed by atoms with Gasteiger partial charge < -0.3 is 45.2 Å². The average molecular weight is 949 g/mol. The van der Waals surface area contributed by atoms with E-state index in [2.05, 4.69) is 45.5 Å². The fraction of sp³-hybridized carbons (Fsp3) is 0.302. The minimum Gasteiger partial charge on any atom is -0.508 e. The number of carbonyl (C=O) groups excluding carboxylic acids is 4. The van der Waals surface area contributed by atoms with Crippen LogP contribution in [0.4, 0.5) is 10.5 Å². The molecule has 3 atom stereocenters. The SMILES string of the molecule is CCC1(OC(=O)[C@@H](NC(=O)[C@H](CCCCNC(=O)OCC2c3ccccc3-c3ccccc32)NC(=S)Nc2ccc(O)cc2)C(C)C)C(=O)OCc2c1cc1n(c2=O)Cc2cc3ccccc3nc2-1. The number of hydrogen-bond donors (Lipinski definition) is 5. The number of thiocarbonyl (C=S) groups is 1. The van der Waals surface area contributed by atoms with Crippen LogP contribution >= 0.6 is 12.2 Å². The van der Waals surface area contributed by atoms with Crippen molar-refractivity contribution < 1.29 is 38.5 Å². The molecule has 0 saturated carbocycles. The van der Waals surface area contributed by atoms with E-state index in [1.807, 2.05) is 54.6 Å². The third-order valence-corrected chi connectivity index (χ3v) is 13.4. The molecule has 69 heavy (non-hydrogen) atoms. The quantitative estimate of drug-likeness (QED) is 0.0222. The lowest BCUT2D eigenvalue weighted by Crippen LogP contribution is -2.56. The minimum atomic E-state index is -2.00. The lowest BCUT2D eigenvalue weighted by molar-refractivity contribution is -0.191. The van der Waals surface area contributed by atoms with Crippen molar-refractivity contribution in [2.75, 3.05) is 18.5 Å². The first-order chi connectivity index (χ1) is 33.3. The summed E-state index contributed by atoms with van der Waals surface area (Å²) < 4.78 is 19.1. The second kappa shape index (κ2) is 19.6. The number of benzene rings is 4. The first-order valence-electron chi connectivity index (χ1n) is 23.2. The number of nitrogens with zero attached hydrogens (tertiary/aromatic N) is 2. The number of phenolic OH excluding ortho intramolecular Hbond substituents is 1. The number of esters is 2. The van der Waals surface area contributed by atoms with Gasteiger partial charge in [-0.05, 0) is 109 Å². The molecule has 0 fully saturated rings. The molecule has 4 heterocycles. The van der Waals surface area contributed by atoms with Gasteiger partial charge in [0, 0.05) is 34.7 Å². The Hall–Kier alpha value is -7.59. The van der Waals surface area contributed by atoms with Gasteiger partial charge in [0.15, 0.2) is 5.11 Å². The van der Waals surface area contributed by atoms with Crippen LogP contribution in [-0.4, -0.2) is 68.9 Å². The molecule has 2 amide bonds. The molecule has 354 valence electrons. The van der Waals surface area contributed by atoms with Crippen LogP contribution in [0, 0.1) is 5.92 Å². The molecular weight excluding hydrogens is 897 g/mol. The number of amides is 2. The molecule has 6 aromatic rings. The number of carbonyl (C=O) groups is 4. The molecule has 2 aromatic heterocycles. The number of anilines is 1. The number of fused-ring (bicyclic) bond motifs is 8. The number of alkyl carbamates (subject to hydrolysis) is 1. The summed E-state index contributed by atoms with van der Waals surface area (Å²) in [6.45, 7) is 5.56. The highest BCUT2D eigenvalue weighted by Crippen LogP contribution is 2.45. The monoisotopic (exact) mass is 948 g/mol. The van der Waals surface area contributed by atoms with Crippen molar-refractivity contribution in [3.63, 3.8) is 0 Å². The Morgan fingerprint density at radius 1 is 0.913 bits per heavy atom. The largest absolute Gasteiger partial charge is 0.508 e. The summed E-state index contributed by atoms with van der Waals surface area (Å²) in [5.41, 5.74) is 5.77. The number of phenols is 1. The molecule has 15 nitrogen and oxygen atoms in total. The molecule has 5 N–H and O–H groups in total. The molecule has 1 unspecified atom stereocenters. The van der Waals surface area contributed by atoms with Gasteiger partial charge in [0.05, 0.1) is 29.0 Å². The van der Waals surface area contributed by atoms with Crippen LogP contribution in [0.25, 0.3) is 33.4 Å². The standard InChI is InChI=1S/C53H52N6O9S/c1-4-53(41-26-44-46-32(25-31-13-5-10-18-42(31)56-46)27-59(44)48(62)40(41)29-66-50(53)64)68-49(63)45(30(2)3)58-47(61)43(57-51(69)55-33-20-22-34(60)23-21-33)19-11-12-24-54-52(65)67-28-39-37-16-8-6-14-35(37)36-15-7-9-17-38(36)39/h5-10,13-18,20-23,25-26,30,39,43,45,60H,4,11-12,19,24,27-29H2,1-3H3,(H,54,65)(H,58,61)(H2,55,57,69)/t43-,45-,53?/m0/s1. The van der Waals surface area contributed by atoms with Crippen molar-refractivity contribution in [2.24, 2.45) is 5.92 Å². The van der Waals surface area contributed by atoms with Gasteiger partial charge in [-0.2, -0.15) is 0 Å². The average Bonchev–Trinajstić information content (AvgIpc) is 3.87. The van der Waals surface area contributed by atoms with Crippen LogP contribution in [0.3, 0.4) is 0 Å². The Morgan fingerprint density at radius 2 is 1.61 bits per heavy atom. The summed E-state index contributed by atoms with van der Waals surface area (Å²) in [6, 6.07) is 31.6. The van der Waals surface area contributed by atoms with Crippen LogP contribution in [0.1, 0.15) is 80.2 Å². The molecule has 9 rings (SSSR count). The highest BCUT2D eigenvalue weighted by atomic mass is 32.1. The Bertz CT molecular complexity index is 3020. The lowest BCUT2D eigenvalue weighted by atomic mass is 9.85. The van der Waals surface area contributed by atoms with Gasteiger partial charge in [0.1, 0.15) is 31.0 Å². The van der Waals surface area contributed by atoms with Gasteiger partial charge in [-0.25, -0.2) is 19.4 Å². The number of ether oxygens (including phenoxy) is 3. The Kier molecular flexibility index (Phi) is 13.2. The van der Waals surface area contributed by atoms with Crippen LogP contribution in [0.15, 0.2) is 114 Å². The first kappa shape index (κ1) is 46.5. The normalized spacial score (nSPS) is 16.2. The first-order valence-corrected chi connectivity index (χ1v) is 23.6. The van der Waals surface area contributed by atoms with Gasteiger partial charge in [0.2, 0.25) is 11.5 Å². The molecule has 0 saturated heterocycles.